The maximum Gasteiger partial charge on any atom is 0.251 e. The Morgan fingerprint density at radius 1 is 1.25 bits per heavy atom. The summed E-state index contributed by atoms with van der Waals surface area (Å²) in [6.07, 6.45) is 3.11. The minimum absolute atomic E-state index is 0.0464. The summed E-state index contributed by atoms with van der Waals surface area (Å²) in [7, 11) is 0. The van der Waals surface area contributed by atoms with Crippen LogP contribution < -0.4 is 5.32 Å². The van der Waals surface area contributed by atoms with Gasteiger partial charge in [-0.1, -0.05) is 0 Å². The van der Waals surface area contributed by atoms with Crippen molar-refractivity contribution in [1.29, 1.82) is 0 Å². The molecule has 1 N–H and O–H groups in total. The zero-order chi connectivity index (χ0) is 17.1. The predicted octanol–water partition coefficient (Wildman–Crippen LogP) is 1.90. The van der Waals surface area contributed by atoms with E-state index < -0.39 is 0 Å². The summed E-state index contributed by atoms with van der Waals surface area (Å²) in [5, 5.41) is 11.4. The van der Waals surface area contributed by atoms with E-state index in [1.807, 2.05) is 55.8 Å². The van der Waals surface area contributed by atoms with Crippen LogP contribution in [0.3, 0.4) is 0 Å². The Morgan fingerprint density at radius 3 is 2.58 bits per heavy atom. The van der Waals surface area contributed by atoms with Crippen molar-refractivity contribution in [2.45, 2.75) is 33.4 Å². The normalized spacial score (nSPS) is 12.1. The molecule has 1 amide bonds. The summed E-state index contributed by atoms with van der Waals surface area (Å²) in [4.78, 5) is 16.2. The zero-order valence-electron chi connectivity index (χ0n) is 14.0. The molecule has 0 bridgehead atoms. The smallest absolute Gasteiger partial charge is 0.251 e. The van der Waals surface area contributed by atoms with Gasteiger partial charge < -0.3 is 5.32 Å². The molecule has 24 heavy (non-hydrogen) atoms. The van der Waals surface area contributed by atoms with Gasteiger partial charge in [-0.05, 0) is 51.1 Å². The molecule has 0 aliphatic heterocycles. The number of benzene rings is 1. The van der Waals surface area contributed by atoms with Gasteiger partial charge in [0.1, 0.15) is 12.7 Å². The SMILES string of the molecule is Cc1cc(C)n(-c2ccc(C(=O)N[C@@H](C)Cn3cncn3)cc2)n1. The number of rotatable bonds is 5. The van der Waals surface area contributed by atoms with E-state index in [4.69, 9.17) is 0 Å². The monoisotopic (exact) mass is 324 g/mol. The molecule has 2 heterocycles. The fourth-order valence-corrected chi connectivity index (χ4v) is 2.60. The minimum Gasteiger partial charge on any atom is -0.348 e. The first kappa shape index (κ1) is 15.9. The first-order valence-corrected chi connectivity index (χ1v) is 7.80. The lowest BCUT2D eigenvalue weighted by atomic mass is 10.2. The molecule has 0 radical (unpaired) electrons. The van der Waals surface area contributed by atoms with Crippen molar-refractivity contribution in [3.05, 3.63) is 59.9 Å². The van der Waals surface area contributed by atoms with E-state index in [-0.39, 0.29) is 11.9 Å². The van der Waals surface area contributed by atoms with Crippen molar-refractivity contribution in [1.82, 2.24) is 29.9 Å². The van der Waals surface area contributed by atoms with Crippen molar-refractivity contribution in [3.63, 3.8) is 0 Å². The number of nitrogens with zero attached hydrogens (tertiary/aromatic N) is 5. The van der Waals surface area contributed by atoms with Crippen molar-refractivity contribution in [2.75, 3.05) is 0 Å². The molecule has 0 saturated heterocycles. The topological polar surface area (TPSA) is 77.6 Å². The number of carbonyl (C=O) groups is 1. The van der Waals surface area contributed by atoms with Crippen LogP contribution >= 0.6 is 0 Å². The van der Waals surface area contributed by atoms with Crippen LogP contribution in [-0.4, -0.2) is 36.5 Å². The van der Waals surface area contributed by atoms with Gasteiger partial charge in [0, 0.05) is 17.3 Å². The highest BCUT2D eigenvalue weighted by molar-refractivity contribution is 5.94. The number of nitrogens with one attached hydrogen (secondary N) is 1. The fraction of sp³-hybridized carbons (Fsp3) is 0.294. The molecular formula is C17H20N6O. The molecule has 0 unspecified atom stereocenters. The Hall–Kier alpha value is -2.96. The maximum atomic E-state index is 12.3. The molecule has 0 saturated carbocycles. The largest absolute Gasteiger partial charge is 0.348 e. The molecule has 1 aromatic carbocycles. The molecule has 0 fully saturated rings. The Morgan fingerprint density at radius 2 is 2.00 bits per heavy atom. The Kier molecular flexibility index (Phi) is 4.41. The van der Waals surface area contributed by atoms with Gasteiger partial charge in [-0.3, -0.25) is 9.48 Å². The van der Waals surface area contributed by atoms with Crippen LogP contribution in [-0.2, 0) is 6.54 Å². The Bertz CT molecular complexity index is 819. The highest BCUT2D eigenvalue weighted by Gasteiger charge is 2.11. The lowest BCUT2D eigenvalue weighted by Gasteiger charge is -2.14. The van der Waals surface area contributed by atoms with Crippen molar-refractivity contribution in [3.8, 4) is 5.69 Å². The summed E-state index contributed by atoms with van der Waals surface area (Å²) >= 11 is 0. The van der Waals surface area contributed by atoms with E-state index in [1.165, 1.54) is 6.33 Å². The van der Waals surface area contributed by atoms with E-state index in [0.29, 0.717) is 12.1 Å². The molecule has 3 aromatic rings. The molecular weight excluding hydrogens is 304 g/mol. The first-order chi connectivity index (χ1) is 11.5. The van der Waals surface area contributed by atoms with Gasteiger partial charge in [0.2, 0.25) is 0 Å². The van der Waals surface area contributed by atoms with E-state index >= 15 is 0 Å². The third kappa shape index (κ3) is 3.51. The lowest BCUT2D eigenvalue weighted by Crippen LogP contribution is -2.35. The minimum atomic E-state index is -0.109. The van der Waals surface area contributed by atoms with Gasteiger partial charge in [-0.15, -0.1) is 0 Å². The van der Waals surface area contributed by atoms with E-state index in [2.05, 4.69) is 20.5 Å². The van der Waals surface area contributed by atoms with Crippen molar-refractivity contribution >= 4 is 5.91 Å². The zero-order valence-corrected chi connectivity index (χ0v) is 14.0. The second kappa shape index (κ2) is 6.66. The lowest BCUT2D eigenvalue weighted by molar-refractivity contribution is 0.0936. The number of carbonyl (C=O) groups excluding carboxylic acids is 1. The molecule has 0 aliphatic carbocycles. The summed E-state index contributed by atoms with van der Waals surface area (Å²) in [6, 6.07) is 9.39. The number of amides is 1. The van der Waals surface area contributed by atoms with Gasteiger partial charge in [-0.25, -0.2) is 9.67 Å². The molecule has 124 valence electrons. The molecule has 7 nitrogen and oxygen atoms in total. The fourth-order valence-electron chi connectivity index (χ4n) is 2.60. The van der Waals surface area contributed by atoms with Crippen LogP contribution in [0, 0.1) is 13.8 Å². The summed E-state index contributed by atoms with van der Waals surface area (Å²) in [6.45, 7) is 6.48. The van der Waals surface area contributed by atoms with E-state index in [1.54, 1.807) is 11.0 Å². The van der Waals surface area contributed by atoms with Crippen LogP contribution in [0.25, 0.3) is 5.69 Å². The quantitative estimate of drug-likeness (QED) is 0.777. The molecule has 0 spiro atoms. The molecule has 7 heteroatoms. The Labute approximate surface area is 140 Å². The van der Waals surface area contributed by atoms with Crippen LogP contribution in [0.4, 0.5) is 0 Å². The van der Waals surface area contributed by atoms with Crippen LogP contribution in [0.15, 0.2) is 43.0 Å². The van der Waals surface area contributed by atoms with Crippen LogP contribution in [0.1, 0.15) is 28.7 Å². The average Bonchev–Trinajstić information content (AvgIpc) is 3.16. The van der Waals surface area contributed by atoms with Gasteiger partial charge >= 0.3 is 0 Å². The van der Waals surface area contributed by atoms with Crippen LogP contribution in [0.2, 0.25) is 0 Å². The maximum absolute atomic E-state index is 12.3. The van der Waals surface area contributed by atoms with Gasteiger partial charge in [-0.2, -0.15) is 10.2 Å². The van der Waals surface area contributed by atoms with E-state index in [9.17, 15) is 4.79 Å². The third-order valence-corrected chi connectivity index (χ3v) is 3.69. The van der Waals surface area contributed by atoms with E-state index in [0.717, 1.165) is 17.1 Å². The van der Waals surface area contributed by atoms with Gasteiger partial charge in [0.15, 0.2) is 0 Å². The number of aryl methyl sites for hydroxylation is 2. The molecule has 1 atom stereocenters. The average molecular weight is 324 g/mol. The number of hydrogen-bond donors (Lipinski definition) is 1. The van der Waals surface area contributed by atoms with Gasteiger partial charge in [0.25, 0.3) is 5.91 Å². The second-order valence-corrected chi connectivity index (χ2v) is 5.88. The second-order valence-electron chi connectivity index (χ2n) is 5.88. The highest BCUT2D eigenvalue weighted by atomic mass is 16.1. The summed E-state index contributed by atoms with van der Waals surface area (Å²) < 4.78 is 3.56. The number of hydrogen-bond acceptors (Lipinski definition) is 4. The summed E-state index contributed by atoms with van der Waals surface area (Å²) in [5.41, 5.74) is 3.58. The van der Waals surface area contributed by atoms with Crippen molar-refractivity contribution in [2.24, 2.45) is 0 Å². The van der Waals surface area contributed by atoms with Crippen LogP contribution in [0.5, 0.6) is 0 Å². The van der Waals surface area contributed by atoms with Crippen molar-refractivity contribution < 1.29 is 4.79 Å². The molecule has 3 rings (SSSR count). The molecule has 0 aliphatic rings. The third-order valence-electron chi connectivity index (χ3n) is 3.69. The summed E-state index contributed by atoms with van der Waals surface area (Å²) in [5.74, 6) is -0.109. The first-order valence-electron chi connectivity index (χ1n) is 7.80. The Balaban J connectivity index is 1.66. The number of aromatic nitrogens is 5. The molecule has 2 aromatic heterocycles. The predicted molar refractivity (Wildman–Crippen MR) is 90.0 cm³/mol. The highest BCUT2D eigenvalue weighted by Crippen LogP contribution is 2.13. The standard InChI is InChI=1S/C17H20N6O/c1-12-8-14(3)23(21-12)16-6-4-15(5-7-16)17(24)20-13(2)9-22-11-18-10-19-22/h4-8,10-11,13H,9H2,1-3H3,(H,20,24)/t13-/m0/s1. The van der Waals surface area contributed by atoms with Gasteiger partial charge in [0.05, 0.1) is 17.9 Å².